The molecule has 82 valence electrons. The van der Waals surface area contributed by atoms with Crippen molar-refractivity contribution in [1.29, 1.82) is 0 Å². The third kappa shape index (κ3) is 5.12. The Hall–Kier alpha value is -1.42. The minimum atomic E-state index is 0.000870. The first-order valence-electron chi connectivity index (χ1n) is 5.09. The fourth-order valence-electron chi connectivity index (χ4n) is 1.22. The third-order valence-electron chi connectivity index (χ3n) is 1.99. The van der Waals surface area contributed by atoms with Gasteiger partial charge in [-0.1, -0.05) is 6.07 Å². The molecule has 1 aromatic rings. The molecule has 0 aliphatic heterocycles. The van der Waals surface area contributed by atoms with E-state index in [4.69, 9.17) is 5.11 Å². The highest BCUT2D eigenvalue weighted by atomic mass is 16.2. The van der Waals surface area contributed by atoms with Crippen LogP contribution in [-0.2, 0) is 11.2 Å². The molecule has 0 aliphatic carbocycles. The van der Waals surface area contributed by atoms with Crippen LogP contribution in [0.25, 0.3) is 0 Å². The number of aliphatic hydroxyl groups excluding tert-OH is 1. The van der Waals surface area contributed by atoms with E-state index in [1.165, 1.54) is 0 Å². The average molecular weight is 208 g/mol. The van der Waals surface area contributed by atoms with Crippen molar-refractivity contribution in [1.82, 2.24) is 10.3 Å². The lowest BCUT2D eigenvalue weighted by Gasteiger charge is -2.03. The molecule has 1 aromatic heterocycles. The zero-order chi connectivity index (χ0) is 10.9. The van der Waals surface area contributed by atoms with Gasteiger partial charge >= 0.3 is 0 Å². The van der Waals surface area contributed by atoms with E-state index in [2.05, 4.69) is 10.3 Å². The normalized spacial score (nSPS) is 9.93. The number of hydrogen-bond donors (Lipinski definition) is 2. The van der Waals surface area contributed by atoms with Gasteiger partial charge in [0.2, 0.25) is 5.91 Å². The average Bonchev–Trinajstić information content (AvgIpc) is 2.26. The van der Waals surface area contributed by atoms with Gasteiger partial charge in [0.1, 0.15) is 0 Å². The molecule has 0 spiro atoms. The Balaban J connectivity index is 2.19. The number of nitrogens with one attached hydrogen (secondary N) is 1. The third-order valence-corrected chi connectivity index (χ3v) is 1.99. The summed E-state index contributed by atoms with van der Waals surface area (Å²) in [7, 11) is 0. The van der Waals surface area contributed by atoms with Gasteiger partial charge < -0.3 is 10.4 Å². The van der Waals surface area contributed by atoms with E-state index in [9.17, 15) is 4.79 Å². The number of carbonyl (C=O) groups excluding carboxylic acids is 1. The van der Waals surface area contributed by atoms with Crippen molar-refractivity contribution >= 4 is 5.91 Å². The fraction of sp³-hybridized carbons (Fsp3) is 0.455. The summed E-state index contributed by atoms with van der Waals surface area (Å²) in [5.74, 6) is 0.000870. The number of aliphatic hydroxyl groups is 1. The van der Waals surface area contributed by atoms with Crippen molar-refractivity contribution in [2.75, 3.05) is 13.2 Å². The van der Waals surface area contributed by atoms with E-state index in [1.54, 1.807) is 12.4 Å². The summed E-state index contributed by atoms with van der Waals surface area (Å²) in [6.45, 7) is 0.804. The summed E-state index contributed by atoms with van der Waals surface area (Å²) in [4.78, 5) is 15.3. The van der Waals surface area contributed by atoms with Crippen LogP contribution in [-0.4, -0.2) is 29.1 Å². The maximum absolute atomic E-state index is 11.4. The molecule has 1 heterocycles. The van der Waals surface area contributed by atoms with Crippen molar-refractivity contribution in [2.24, 2.45) is 0 Å². The highest BCUT2D eigenvalue weighted by Crippen LogP contribution is 1.96. The summed E-state index contributed by atoms with van der Waals surface area (Å²) in [5.41, 5.74) is 0.914. The standard InChI is InChI=1S/C11H16N2O2/c14-7-2-1-6-13-11(15)8-10-4-3-5-12-9-10/h3-5,9,14H,1-2,6-8H2,(H,13,15). The SMILES string of the molecule is O=C(Cc1cccnc1)NCCCCO. The molecule has 0 bridgehead atoms. The zero-order valence-corrected chi connectivity index (χ0v) is 8.65. The Bertz CT molecular complexity index is 288. The quantitative estimate of drug-likeness (QED) is 0.670. The molecule has 0 aromatic carbocycles. The molecule has 0 aliphatic rings. The Morgan fingerprint density at radius 2 is 2.33 bits per heavy atom. The van der Waals surface area contributed by atoms with E-state index < -0.39 is 0 Å². The lowest BCUT2D eigenvalue weighted by Crippen LogP contribution is -2.26. The molecular formula is C11H16N2O2. The number of hydrogen-bond acceptors (Lipinski definition) is 3. The maximum atomic E-state index is 11.4. The molecular weight excluding hydrogens is 192 g/mol. The number of amides is 1. The summed E-state index contributed by atoms with van der Waals surface area (Å²) < 4.78 is 0. The molecule has 15 heavy (non-hydrogen) atoms. The van der Waals surface area contributed by atoms with Crippen molar-refractivity contribution in [3.05, 3.63) is 30.1 Å². The Kier molecular flexibility index (Phi) is 5.40. The van der Waals surface area contributed by atoms with Crippen LogP contribution < -0.4 is 5.32 Å². The fourth-order valence-corrected chi connectivity index (χ4v) is 1.22. The van der Waals surface area contributed by atoms with Gasteiger partial charge in [0.15, 0.2) is 0 Å². The molecule has 0 saturated heterocycles. The molecule has 1 amide bonds. The van der Waals surface area contributed by atoms with Crippen molar-refractivity contribution in [3.63, 3.8) is 0 Å². The second kappa shape index (κ2) is 6.95. The first-order valence-corrected chi connectivity index (χ1v) is 5.09. The molecule has 0 saturated carbocycles. The van der Waals surface area contributed by atoms with Crippen LogP contribution in [0.4, 0.5) is 0 Å². The highest BCUT2D eigenvalue weighted by Gasteiger charge is 2.01. The number of pyridine rings is 1. The van der Waals surface area contributed by atoms with E-state index in [0.29, 0.717) is 13.0 Å². The first kappa shape index (κ1) is 11.7. The molecule has 2 N–H and O–H groups in total. The molecule has 0 unspecified atom stereocenters. The minimum absolute atomic E-state index is 0.000870. The second-order valence-electron chi connectivity index (χ2n) is 3.32. The number of carbonyl (C=O) groups is 1. The van der Waals surface area contributed by atoms with Crippen LogP contribution in [0.2, 0.25) is 0 Å². The van der Waals surface area contributed by atoms with Crippen LogP contribution in [0.15, 0.2) is 24.5 Å². The number of aromatic nitrogens is 1. The smallest absolute Gasteiger partial charge is 0.224 e. The number of rotatable bonds is 6. The summed E-state index contributed by atoms with van der Waals surface area (Å²) in [6, 6.07) is 3.69. The highest BCUT2D eigenvalue weighted by molar-refractivity contribution is 5.78. The van der Waals surface area contributed by atoms with Crippen molar-refractivity contribution < 1.29 is 9.90 Å². The van der Waals surface area contributed by atoms with Gasteiger partial charge in [0, 0.05) is 25.5 Å². The predicted octanol–water partition coefficient (Wildman–Crippen LogP) is 0.513. The van der Waals surface area contributed by atoms with E-state index in [1.807, 2.05) is 12.1 Å². The van der Waals surface area contributed by atoms with Crippen LogP contribution in [0.5, 0.6) is 0 Å². The van der Waals surface area contributed by atoms with Crippen LogP contribution >= 0.6 is 0 Å². The van der Waals surface area contributed by atoms with Gasteiger partial charge in [0.05, 0.1) is 6.42 Å². The second-order valence-corrected chi connectivity index (χ2v) is 3.32. The zero-order valence-electron chi connectivity index (χ0n) is 8.65. The van der Waals surface area contributed by atoms with E-state index >= 15 is 0 Å². The van der Waals surface area contributed by atoms with E-state index in [-0.39, 0.29) is 12.5 Å². The van der Waals surface area contributed by atoms with Gasteiger partial charge in [0.25, 0.3) is 0 Å². The van der Waals surface area contributed by atoms with Gasteiger partial charge in [-0.05, 0) is 24.5 Å². The van der Waals surface area contributed by atoms with Gasteiger partial charge in [-0.2, -0.15) is 0 Å². The summed E-state index contributed by atoms with van der Waals surface area (Å²) in [5, 5.41) is 11.3. The molecule has 0 atom stereocenters. The largest absolute Gasteiger partial charge is 0.396 e. The Labute approximate surface area is 89.3 Å². The molecule has 0 radical (unpaired) electrons. The van der Waals surface area contributed by atoms with Crippen molar-refractivity contribution in [3.8, 4) is 0 Å². The lowest BCUT2D eigenvalue weighted by molar-refractivity contribution is -0.120. The topological polar surface area (TPSA) is 62.2 Å². The number of unbranched alkanes of at least 4 members (excludes halogenated alkanes) is 1. The molecule has 0 fully saturated rings. The lowest BCUT2D eigenvalue weighted by atomic mass is 10.2. The van der Waals surface area contributed by atoms with Gasteiger partial charge in [-0.3, -0.25) is 9.78 Å². The summed E-state index contributed by atoms with van der Waals surface area (Å²) in [6.07, 6.45) is 5.28. The van der Waals surface area contributed by atoms with E-state index in [0.717, 1.165) is 18.4 Å². The van der Waals surface area contributed by atoms with Crippen LogP contribution in [0.3, 0.4) is 0 Å². The predicted molar refractivity (Wildman–Crippen MR) is 57.3 cm³/mol. The monoisotopic (exact) mass is 208 g/mol. The summed E-state index contributed by atoms with van der Waals surface area (Å²) >= 11 is 0. The number of nitrogens with zero attached hydrogens (tertiary/aromatic N) is 1. The van der Waals surface area contributed by atoms with Gasteiger partial charge in [-0.25, -0.2) is 0 Å². The van der Waals surface area contributed by atoms with Crippen LogP contribution in [0, 0.1) is 0 Å². The Morgan fingerprint density at radius 3 is 3.00 bits per heavy atom. The maximum Gasteiger partial charge on any atom is 0.224 e. The van der Waals surface area contributed by atoms with Gasteiger partial charge in [-0.15, -0.1) is 0 Å². The van der Waals surface area contributed by atoms with Crippen LogP contribution in [0.1, 0.15) is 18.4 Å². The molecule has 4 nitrogen and oxygen atoms in total. The van der Waals surface area contributed by atoms with Crippen molar-refractivity contribution in [2.45, 2.75) is 19.3 Å². The first-order chi connectivity index (χ1) is 7.33. The molecule has 4 heteroatoms. The minimum Gasteiger partial charge on any atom is -0.396 e. The molecule has 1 rings (SSSR count). The Morgan fingerprint density at radius 1 is 1.47 bits per heavy atom.